The molecule has 0 unspecified atom stereocenters. The molecule has 0 atom stereocenters. The highest BCUT2D eigenvalue weighted by Crippen LogP contribution is 2.33. The van der Waals surface area contributed by atoms with Crippen LogP contribution in [0.3, 0.4) is 0 Å². The summed E-state index contributed by atoms with van der Waals surface area (Å²) in [6, 6.07) is 26.3. The third-order valence-corrected chi connectivity index (χ3v) is 7.86. The summed E-state index contributed by atoms with van der Waals surface area (Å²) in [5, 5.41) is 0.958. The highest BCUT2D eigenvalue weighted by atomic mass is 32.1. The normalized spacial score (nSPS) is 15.2. The minimum atomic E-state index is -0.261. The van der Waals surface area contributed by atoms with Crippen LogP contribution in [0.1, 0.15) is 26.3 Å². The van der Waals surface area contributed by atoms with Gasteiger partial charge in [-0.25, -0.2) is 0 Å². The average Bonchev–Trinajstić information content (AvgIpc) is 3.18. The van der Waals surface area contributed by atoms with E-state index in [0.717, 1.165) is 45.2 Å². The first kappa shape index (κ1) is 23.3. The third-order valence-electron chi connectivity index (χ3n) is 6.70. The van der Waals surface area contributed by atoms with E-state index in [1.54, 1.807) is 47.7 Å². The highest BCUT2D eigenvalue weighted by Gasteiger charge is 2.34. The third kappa shape index (κ3) is 4.59. The molecule has 2 amide bonds. The number of carbonyl (C=O) groups excluding carboxylic acids is 2. The molecule has 2 aliphatic heterocycles. The minimum absolute atomic E-state index is 0.0106. The van der Waals surface area contributed by atoms with Crippen molar-refractivity contribution in [1.29, 1.82) is 0 Å². The van der Waals surface area contributed by atoms with Crippen molar-refractivity contribution in [2.75, 3.05) is 31.2 Å². The van der Waals surface area contributed by atoms with Gasteiger partial charge in [-0.1, -0.05) is 48.5 Å². The Hall–Kier alpha value is -4.07. The van der Waals surface area contributed by atoms with Crippen LogP contribution in [0, 0.1) is 0 Å². The summed E-state index contributed by atoms with van der Waals surface area (Å²) in [7, 11) is 0. The molecule has 1 saturated heterocycles. The molecule has 3 heterocycles. The number of anilines is 1. The van der Waals surface area contributed by atoms with Crippen molar-refractivity contribution in [2.24, 2.45) is 0 Å². The van der Waals surface area contributed by atoms with Gasteiger partial charge in [0.1, 0.15) is 0 Å². The van der Waals surface area contributed by atoms with Crippen molar-refractivity contribution in [1.82, 2.24) is 4.90 Å². The van der Waals surface area contributed by atoms with Crippen LogP contribution in [0.2, 0.25) is 0 Å². The lowest BCUT2D eigenvalue weighted by atomic mass is 10.0. The topological polar surface area (TPSA) is 66.9 Å². The Kier molecular flexibility index (Phi) is 6.16. The molecule has 6 rings (SSSR count). The number of fused-ring (bicyclic) bond motifs is 1. The molecule has 184 valence electrons. The Morgan fingerprint density at radius 2 is 1.35 bits per heavy atom. The molecule has 3 aromatic carbocycles. The standard InChI is InChI=1S/C30H24N2O4S/c33-24-17-27(37-28(18-24)31-11-13-36-14-12-31)23-8-4-7-22(16-23)21-6-3-5-20(15-21)19-32-29(34)25-9-1-2-10-26(25)30(32)35/h1-10,15-18H,11-14,19H2. The fourth-order valence-electron chi connectivity index (χ4n) is 4.81. The maximum Gasteiger partial charge on any atom is 0.261 e. The van der Waals surface area contributed by atoms with Crippen LogP contribution in [-0.2, 0) is 11.3 Å². The first-order chi connectivity index (χ1) is 18.1. The van der Waals surface area contributed by atoms with E-state index in [1.165, 1.54) is 4.90 Å². The van der Waals surface area contributed by atoms with E-state index in [-0.39, 0.29) is 23.8 Å². The summed E-state index contributed by atoms with van der Waals surface area (Å²) in [5.74, 6) is -0.522. The zero-order valence-corrected chi connectivity index (χ0v) is 20.9. The summed E-state index contributed by atoms with van der Waals surface area (Å²) in [4.78, 5) is 42.5. The molecule has 2 aliphatic rings. The maximum atomic E-state index is 12.8. The number of hydrogen-bond donors (Lipinski definition) is 0. The van der Waals surface area contributed by atoms with Crippen molar-refractivity contribution in [3.8, 4) is 21.6 Å². The first-order valence-electron chi connectivity index (χ1n) is 12.2. The van der Waals surface area contributed by atoms with Crippen molar-refractivity contribution in [3.05, 3.63) is 112 Å². The van der Waals surface area contributed by atoms with Crippen LogP contribution in [0.5, 0.6) is 0 Å². The second kappa shape index (κ2) is 9.76. The van der Waals surface area contributed by atoms with Gasteiger partial charge in [0.2, 0.25) is 0 Å². The van der Waals surface area contributed by atoms with Gasteiger partial charge in [0.15, 0.2) is 5.43 Å². The number of hydrogen-bond acceptors (Lipinski definition) is 6. The molecule has 1 aromatic heterocycles. The van der Waals surface area contributed by atoms with Gasteiger partial charge in [-0.15, -0.1) is 11.3 Å². The van der Waals surface area contributed by atoms with Crippen molar-refractivity contribution in [2.45, 2.75) is 6.54 Å². The van der Waals surface area contributed by atoms with Crippen LogP contribution >= 0.6 is 11.3 Å². The molecule has 6 nitrogen and oxygen atoms in total. The van der Waals surface area contributed by atoms with Gasteiger partial charge in [-0.05, 0) is 46.5 Å². The average molecular weight is 509 g/mol. The molecule has 1 fully saturated rings. The quantitative estimate of drug-likeness (QED) is 0.352. The van der Waals surface area contributed by atoms with Gasteiger partial charge in [-0.3, -0.25) is 19.3 Å². The zero-order chi connectivity index (χ0) is 25.4. The molecule has 37 heavy (non-hydrogen) atoms. The number of ether oxygens (including phenoxy) is 1. The van der Waals surface area contributed by atoms with Gasteiger partial charge in [0, 0.05) is 30.1 Å². The van der Waals surface area contributed by atoms with E-state index in [1.807, 2.05) is 42.5 Å². The number of amides is 2. The van der Waals surface area contributed by atoms with Gasteiger partial charge in [0.05, 0.1) is 35.9 Å². The van der Waals surface area contributed by atoms with Crippen LogP contribution in [-0.4, -0.2) is 43.0 Å². The molecule has 0 N–H and O–H groups in total. The second-order valence-electron chi connectivity index (χ2n) is 9.12. The smallest absolute Gasteiger partial charge is 0.261 e. The number of morpholine rings is 1. The Bertz CT molecular complexity index is 1540. The van der Waals surface area contributed by atoms with E-state index < -0.39 is 0 Å². The molecule has 4 aromatic rings. The predicted molar refractivity (Wildman–Crippen MR) is 145 cm³/mol. The van der Waals surface area contributed by atoms with Crippen LogP contribution in [0.15, 0.2) is 89.7 Å². The summed E-state index contributed by atoms with van der Waals surface area (Å²) in [5.41, 5.74) is 4.72. The SMILES string of the molecule is O=C1c2ccccc2C(=O)N1Cc1cccc(-c2cccc(-c3cc(=O)cc(N4CCOCC4)s3)c2)c1. The molecule has 0 aliphatic carbocycles. The van der Waals surface area contributed by atoms with Crippen molar-refractivity contribution < 1.29 is 14.3 Å². The van der Waals surface area contributed by atoms with E-state index in [2.05, 4.69) is 11.0 Å². The monoisotopic (exact) mass is 508 g/mol. The largest absolute Gasteiger partial charge is 0.378 e. The lowest BCUT2D eigenvalue weighted by Crippen LogP contribution is -2.36. The summed E-state index contributed by atoms with van der Waals surface area (Å²) >= 11 is 1.61. The Balaban J connectivity index is 1.28. The number of imide groups is 1. The van der Waals surface area contributed by atoms with Gasteiger partial charge in [0.25, 0.3) is 11.8 Å². The highest BCUT2D eigenvalue weighted by molar-refractivity contribution is 7.19. The van der Waals surface area contributed by atoms with E-state index in [4.69, 9.17) is 4.74 Å². The Labute approximate surface area is 218 Å². The van der Waals surface area contributed by atoms with Crippen molar-refractivity contribution >= 4 is 28.2 Å². The molecule has 0 bridgehead atoms. The fourth-order valence-corrected chi connectivity index (χ4v) is 5.94. The predicted octanol–water partition coefficient (Wildman–Crippen LogP) is 5.08. The summed E-state index contributed by atoms with van der Waals surface area (Å²) < 4.78 is 5.46. The van der Waals surface area contributed by atoms with E-state index in [0.29, 0.717) is 24.3 Å². The Morgan fingerprint density at radius 1 is 0.703 bits per heavy atom. The van der Waals surface area contributed by atoms with Gasteiger partial charge >= 0.3 is 0 Å². The fraction of sp³-hybridized carbons (Fsp3) is 0.167. The molecule has 0 radical (unpaired) electrons. The zero-order valence-electron chi connectivity index (χ0n) is 20.1. The minimum Gasteiger partial charge on any atom is -0.378 e. The van der Waals surface area contributed by atoms with Crippen LogP contribution < -0.4 is 10.3 Å². The lowest BCUT2D eigenvalue weighted by molar-refractivity contribution is 0.0642. The van der Waals surface area contributed by atoms with Gasteiger partial charge < -0.3 is 9.64 Å². The molecule has 0 saturated carbocycles. The van der Waals surface area contributed by atoms with E-state index >= 15 is 0 Å². The van der Waals surface area contributed by atoms with Crippen LogP contribution in [0.25, 0.3) is 21.6 Å². The molecular formula is C30H24N2O4S. The number of rotatable bonds is 5. The number of benzene rings is 3. The van der Waals surface area contributed by atoms with E-state index in [9.17, 15) is 14.4 Å². The molecular weight excluding hydrogens is 484 g/mol. The van der Waals surface area contributed by atoms with Gasteiger partial charge in [-0.2, -0.15) is 0 Å². The molecule has 0 spiro atoms. The lowest BCUT2D eigenvalue weighted by Gasteiger charge is -2.28. The van der Waals surface area contributed by atoms with Crippen molar-refractivity contribution in [3.63, 3.8) is 0 Å². The number of carbonyl (C=O) groups is 2. The maximum absolute atomic E-state index is 12.8. The Morgan fingerprint density at radius 3 is 2.08 bits per heavy atom. The number of nitrogens with zero attached hydrogens (tertiary/aromatic N) is 2. The second-order valence-corrected chi connectivity index (χ2v) is 10.2. The van der Waals surface area contributed by atoms with Crippen LogP contribution in [0.4, 0.5) is 5.00 Å². The summed E-state index contributed by atoms with van der Waals surface area (Å²) in [6.07, 6.45) is 0. The molecule has 7 heteroatoms. The first-order valence-corrected chi connectivity index (χ1v) is 13.0. The summed E-state index contributed by atoms with van der Waals surface area (Å²) in [6.45, 7) is 3.09.